The molecule has 8 heteroatoms. The van der Waals surface area contributed by atoms with Crippen molar-refractivity contribution in [2.24, 2.45) is 0 Å². The Bertz CT molecular complexity index is 960. The van der Waals surface area contributed by atoms with E-state index < -0.39 is 0 Å². The summed E-state index contributed by atoms with van der Waals surface area (Å²) in [6, 6.07) is 12.1. The number of hydrogen-bond acceptors (Lipinski definition) is 8. The number of hydrogen-bond donors (Lipinski definition) is 0. The molecule has 0 aliphatic rings. The fourth-order valence-corrected chi connectivity index (χ4v) is 6.88. The Labute approximate surface area is 167 Å². The largest absolute Gasteiger partial charge is 0.494 e. The SMILES string of the molecule is CCOc1ccc2sc(SSc3nc4cc(OCC)ccc4s3)nc2c1. The van der Waals surface area contributed by atoms with Crippen molar-refractivity contribution >= 4 is 64.7 Å². The first-order valence-electron chi connectivity index (χ1n) is 8.16. The molecule has 0 fully saturated rings. The Morgan fingerprint density at radius 3 is 1.65 bits per heavy atom. The fraction of sp³-hybridized carbons (Fsp3) is 0.222. The first-order chi connectivity index (χ1) is 12.7. The monoisotopic (exact) mass is 420 g/mol. The molecule has 0 radical (unpaired) electrons. The molecule has 0 saturated heterocycles. The predicted octanol–water partition coefficient (Wildman–Crippen LogP) is 6.50. The highest BCUT2D eigenvalue weighted by atomic mass is 33.1. The van der Waals surface area contributed by atoms with E-state index in [-0.39, 0.29) is 0 Å². The molecule has 0 aliphatic heterocycles. The minimum atomic E-state index is 0.662. The first-order valence-corrected chi connectivity index (χ1v) is 11.9. The molecule has 0 amide bonds. The molecule has 2 aromatic carbocycles. The third kappa shape index (κ3) is 3.93. The smallest absolute Gasteiger partial charge is 0.162 e. The number of benzene rings is 2. The van der Waals surface area contributed by atoms with E-state index in [1.54, 1.807) is 44.3 Å². The summed E-state index contributed by atoms with van der Waals surface area (Å²) in [5.41, 5.74) is 1.96. The number of thiazole rings is 2. The standard InChI is InChI=1S/C18H16N2O2S4/c1-3-21-11-5-7-15-13(9-11)19-17(23-15)25-26-18-20-14-10-12(22-4-2)6-8-16(14)24-18/h5-10H,3-4H2,1-2H3. The molecule has 134 valence electrons. The van der Waals surface area contributed by atoms with E-state index in [1.807, 2.05) is 38.1 Å². The zero-order valence-corrected chi connectivity index (χ0v) is 17.5. The van der Waals surface area contributed by atoms with Crippen LogP contribution in [-0.2, 0) is 0 Å². The van der Waals surface area contributed by atoms with E-state index >= 15 is 0 Å². The number of rotatable bonds is 7. The lowest BCUT2D eigenvalue weighted by Gasteiger charge is -2.00. The Morgan fingerprint density at radius 2 is 1.23 bits per heavy atom. The minimum absolute atomic E-state index is 0.662. The van der Waals surface area contributed by atoms with Crippen LogP contribution in [0.3, 0.4) is 0 Å². The molecule has 2 aromatic heterocycles. The van der Waals surface area contributed by atoms with Crippen LogP contribution in [0.4, 0.5) is 0 Å². The number of ether oxygens (including phenoxy) is 2. The number of fused-ring (bicyclic) bond motifs is 2. The molecule has 0 atom stereocenters. The molecule has 4 rings (SSSR count). The van der Waals surface area contributed by atoms with Crippen molar-refractivity contribution in [3.8, 4) is 11.5 Å². The molecule has 0 N–H and O–H groups in total. The van der Waals surface area contributed by atoms with Crippen LogP contribution in [0.2, 0.25) is 0 Å². The van der Waals surface area contributed by atoms with Gasteiger partial charge in [0.25, 0.3) is 0 Å². The van der Waals surface area contributed by atoms with Gasteiger partial charge in [-0.25, -0.2) is 9.97 Å². The van der Waals surface area contributed by atoms with Gasteiger partial charge in [-0.3, -0.25) is 0 Å². The lowest BCUT2D eigenvalue weighted by atomic mass is 10.3. The van der Waals surface area contributed by atoms with E-state index in [1.165, 1.54) is 9.40 Å². The lowest BCUT2D eigenvalue weighted by molar-refractivity contribution is 0.340. The Hall–Kier alpha value is -1.48. The molecule has 4 nitrogen and oxygen atoms in total. The summed E-state index contributed by atoms with van der Waals surface area (Å²) in [7, 11) is 3.30. The minimum Gasteiger partial charge on any atom is -0.494 e. The first kappa shape index (κ1) is 17.9. The predicted molar refractivity (Wildman–Crippen MR) is 113 cm³/mol. The number of nitrogens with zero attached hydrogens (tertiary/aromatic N) is 2. The van der Waals surface area contributed by atoms with Gasteiger partial charge in [-0.2, -0.15) is 0 Å². The lowest BCUT2D eigenvalue weighted by Crippen LogP contribution is -1.90. The highest BCUT2D eigenvalue weighted by Gasteiger charge is 2.10. The van der Waals surface area contributed by atoms with E-state index in [0.29, 0.717) is 13.2 Å². The summed E-state index contributed by atoms with van der Waals surface area (Å²) in [6.07, 6.45) is 0. The maximum absolute atomic E-state index is 5.55. The maximum Gasteiger partial charge on any atom is 0.162 e. The highest BCUT2D eigenvalue weighted by Crippen LogP contribution is 2.44. The zero-order valence-electron chi connectivity index (χ0n) is 14.2. The van der Waals surface area contributed by atoms with Gasteiger partial charge in [-0.1, -0.05) is 0 Å². The summed E-state index contributed by atoms with van der Waals surface area (Å²) in [5.74, 6) is 1.73. The van der Waals surface area contributed by atoms with Crippen LogP contribution < -0.4 is 9.47 Å². The fourth-order valence-electron chi connectivity index (χ4n) is 2.43. The average molecular weight is 421 g/mol. The molecule has 0 bridgehead atoms. The molecule has 0 unspecified atom stereocenters. The van der Waals surface area contributed by atoms with E-state index in [4.69, 9.17) is 19.4 Å². The Morgan fingerprint density at radius 1 is 0.769 bits per heavy atom. The van der Waals surface area contributed by atoms with Crippen molar-refractivity contribution in [2.75, 3.05) is 13.2 Å². The van der Waals surface area contributed by atoms with Crippen molar-refractivity contribution < 1.29 is 9.47 Å². The van der Waals surface area contributed by atoms with Gasteiger partial charge in [-0.15, -0.1) is 22.7 Å². The number of aromatic nitrogens is 2. The van der Waals surface area contributed by atoms with E-state index in [2.05, 4.69) is 12.1 Å². The maximum atomic E-state index is 5.55. The topological polar surface area (TPSA) is 44.2 Å². The molecule has 4 aromatic rings. The second-order valence-corrected chi connectivity index (χ2v) is 9.94. The molecule has 2 heterocycles. The second kappa shape index (κ2) is 8.04. The van der Waals surface area contributed by atoms with Crippen molar-refractivity contribution in [1.82, 2.24) is 9.97 Å². The zero-order chi connectivity index (χ0) is 17.9. The van der Waals surface area contributed by atoms with Crippen LogP contribution >= 0.6 is 44.3 Å². The summed E-state index contributed by atoms with van der Waals surface area (Å²) in [4.78, 5) is 9.40. The third-order valence-corrected chi connectivity index (χ3v) is 8.53. The quantitative estimate of drug-likeness (QED) is 0.318. The van der Waals surface area contributed by atoms with Crippen LogP contribution in [0, 0.1) is 0 Å². The second-order valence-electron chi connectivity index (χ2n) is 5.25. The molecule has 0 spiro atoms. The van der Waals surface area contributed by atoms with Gasteiger partial charge in [0, 0.05) is 12.1 Å². The Kier molecular flexibility index (Phi) is 5.54. The van der Waals surface area contributed by atoms with Crippen molar-refractivity contribution in [3.05, 3.63) is 36.4 Å². The van der Waals surface area contributed by atoms with Crippen molar-refractivity contribution in [1.29, 1.82) is 0 Å². The van der Waals surface area contributed by atoms with Crippen LogP contribution in [0.25, 0.3) is 20.4 Å². The summed E-state index contributed by atoms with van der Waals surface area (Å²) in [6.45, 7) is 5.29. The molecular weight excluding hydrogens is 404 g/mol. The highest BCUT2D eigenvalue weighted by molar-refractivity contribution is 8.77. The van der Waals surface area contributed by atoms with Crippen molar-refractivity contribution in [3.63, 3.8) is 0 Å². The molecule has 0 saturated carbocycles. The van der Waals surface area contributed by atoms with Gasteiger partial charge in [0.15, 0.2) is 8.68 Å². The summed E-state index contributed by atoms with van der Waals surface area (Å²) < 4.78 is 15.5. The third-order valence-electron chi connectivity index (χ3n) is 3.49. The molecule has 0 aliphatic carbocycles. The Balaban J connectivity index is 1.49. The molecule has 26 heavy (non-hydrogen) atoms. The van der Waals surface area contributed by atoms with Crippen LogP contribution in [0.5, 0.6) is 11.5 Å². The van der Waals surface area contributed by atoms with Gasteiger partial charge in [-0.05, 0) is 59.7 Å². The van der Waals surface area contributed by atoms with Gasteiger partial charge in [0.05, 0.1) is 33.6 Å². The van der Waals surface area contributed by atoms with Gasteiger partial charge in [0.2, 0.25) is 0 Å². The van der Waals surface area contributed by atoms with E-state index in [0.717, 1.165) is 31.2 Å². The van der Waals surface area contributed by atoms with Gasteiger partial charge in [0.1, 0.15) is 11.5 Å². The summed E-state index contributed by atoms with van der Waals surface area (Å²) >= 11 is 3.38. The molecular formula is C18H16N2O2S4. The van der Waals surface area contributed by atoms with E-state index in [9.17, 15) is 0 Å². The van der Waals surface area contributed by atoms with Crippen LogP contribution in [-0.4, -0.2) is 23.2 Å². The summed E-state index contributed by atoms with van der Waals surface area (Å²) in [5, 5.41) is 0. The average Bonchev–Trinajstić information content (AvgIpc) is 3.22. The normalized spacial score (nSPS) is 11.3. The van der Waals surface area contributed by atoms with Crippen molar-refractivity contribution in [2.45, 2.75) is 22.5 Å². The van der Waals surface area contributed by atoms with Gasteiger partial charge < -0.3 is 9.47 Å². The van der Waals surface area contributed by atoms with Crippen LogP contribution in [0.15, 0.2) is 45.1 Å². The van der Waals surface area contributed by atoms with Crippen LogP contribution in [0.1, 0.15) is 13.8 Å². The van der Waals surface area contributed by atoms with Gasteiger partial charge >= 0.3 is 0 Å².